The zero-order valence-corrected chi connectivity index (χ0v) is 14.2. The van der Waals surface area contributed by atoms with Gasteiger partial charge in [-0.25, -0.2) is 0 Å². The molecule has 1 N–H and O–H groups in total. The fourth-order valence-corrected chi connectivity index (χ4v) is 2.48. The van der Waals surface area contributed by atoms with Crippen molar-refractivity contribution in [1.82, 2.24) is 9.88 Å². The number of aromatic nitrogens is 1. The van der Waals surface area contributed by atoms with Crippen LogP contribution >= 0.6 is 11.6 Å². The Balaban J connectivity index is 2.27. The van der Waals surface area contributed by atoms with Gasteiger partial charge in [0.2, 0.25) is 5.75 Å². The number of hydrogen-bond acceptors (Lipinski definition) is 4. The lowest BCUT2D eigenvalue weighted by molar-refractivity contribution is 0.0779. The second-order valence-corrected chi connectivity index (χ2v) is 5.32. The van der Waals surface area contributed by atoms with Gasteiger partial charge in [0.25, 0.3) is 5.91 Å². The molecular formula is C16H19ClN2O4. The number of benzene rings is 1. The number of aromatic amines is 1. The summed E-state index contributed by atoms with van der Waals surface area (Å²) >= 11 is 5.84. The summed E-state index contributed by atoms with van der Waals surface area (Å²) in [6, 6.07) is 5.21. The van der Waals surface area contributed by atoms with E-state index in [1.165, 1.54) is 0 Å². The summed E-state index contributed by atoms with van der Waals surface area (Å²) in [4.78, 5) is 16.8. The number of methoxy groups -OCH3 is 3. The van der Waals surface area contributed by atoms with Gasteiger partial charge in [-0.2, -0.15) is 0 Å². The van der Waals surface area contributed by atoms with Crippen molar-refractivity contribution in [3.8, 4) is 17.2 Å². The van der Waals surface area contributed by atoms with Crippen LogP contribution < -0.4 is 14.2 Å². The molecule has 2 aromatic rings. The van der Waals surface area contributed by atoms with Gasteiger partial charge in [0.1, 0.15) is 5.69 Å². The van der Waals surface area contributed by atoms with Crippen LogP contribution in [0.15, 0.2) is 24.4 Å². The number of H-pyrrole nitrogens is 1. The lowest BCUT2D eigenvalue weighted by atomic mass is 10.1. The lowest BCUT2D eigenvalue weighted by Crippen LogP contribution is -2.26. The SMILES string of the molecule is COc1ccc(CN(C)C(=O)c2cc(Cl)c[nH]2)c(OC)c1OC. The molecule has 0 saturated heterocycles. The second kappa shape index (κ2) is 7.28. The van der Waals surface area contributed by atoms with Gasteiger partial charge in [0, 0.05) is 25.4 Å². The summed E-state index contributed by atoms with van der Waals surface area (Å²) in [5, 5.41) is 0.491. The van der Waals surface area contributed by atoms with E-state index >= 15 is 0 Å². The molecule has 0 aliphatic heterocycles. The first-order valence-corrected chi connectivity index (χ1v) is 7.26. The lowest BCUT2D eigenvalue weighted by Gasteiger charge is -2.20. The molecule has 0 bridgehead atoms. The third-order valence-corrected chi connectivity index (χ3v) is 3.64. The molecular weight excluding hydrogens is 320 g/mol. The van der Waals surface area contributed by atoms with Gasteiger partial charge in [0.15, 0.2) is 11.5 Å². The van der Waals surface area contributed by atoms with Crippen LogP contribution in [0, 0.1) is 0 Å². The van der Waals surface area contributed by atoms with E-state index in [1.807, 2.05) is 6.07 Å². The summed E-state index contributed by atoms with van der Waals surface area (Å²) in [6.45, 7) is 0.346. The molecule has 6 nitrogen and oxygen atoms in total. The molecule has 0 unspecified atom stereocenters. The number of halogens is 1. The van der Waals surface area contributed by atoms with E-state index in [1.54, 1.807) is 51.6 Å². The smallest absolute Gasteiger partial charge is 0.270 e. The number of hydrogen-bond donors (Lipinski definition) is 1. The Morgan fingerprint density at radius 1 is 1.17 bits per heavy atom. The monoisotopic (exact) mass is 338 g/mol. The van der Waals surface area contributed by atoms with Gasteiger partial charge >= 0.3 is 0 Å². The van der Waals surface area contributed by atoms with Crippen molar-refractivity contribution in [1.29, 1.82) is 0 Å². The highest BCUT2D eigenvalue weighted by Crippen LogP contribution is 2.40. The number of carbonyl (C=O) groups excluding carboxylic acids is 1. The van der Waals surface area contributed by atoms with Gasteiger partial charge in [0.05, 0.1) is 26.4 Å². The number of nitrogens with zero attached hydrogens (tertiary/aromatic N) is 1. The largest absolute Gasteiger partial charge is 0.493 e. The maximum Gasteiger partial charge on any atom is 0.270 e. The van der Waals surface area contributed by atoms with E-state index in [0.29, 0.717) is 34.5 Å². The summed E-state index contributed by atoms with van der Waals surface area (Å²) in [6.07, 6.45) is 1.57. The van der Waals surface area contributed by atoms with Crippen molar-refractivity contribution in [3.63, 3.8) is 0 Å². The van der Waals surface area contributed by atoms with Crippen molar-refractivity contribution in [2.45, 2.75) is 6.54 Å². The molecule has 0 aliphatic carbocycles. The third kappa shape index (κ3) is 3.53. The van der Waals surface area contributed by atoms with Crippen LogP contribution in [0.5, 0.6) is 17.2 Å². The Labute approximate surface area is 139 Å². The molecule has 1 aromatic carbocycles. The highest BCUT2D eigenvalue weighted by molar-refractivity contribution is 6.30. The summed E-state index contributed by atoms with van der Waals surface area (Å²) in [5.41, 5.74) is 1.23. The fourth-order valence-electron chi connectivity index (χ4n) is 2.31. The predicted octanol–water partition coefficient (Wildman–Crippen LogP) is 2.97. The highest BCUT2D eigenvalue weighted by atomic mass is 35.5. The zero-order chi connectivity index (χ0) is 17.0. The Bertz CT molecular complexity index is 699. The van der Waals surface area contributed by atoms with Crippen LogP contribution in [0.2, 0.25) is 5.02 Å². The Morgan fingerprint density at radius 3 is 2.39 bits per heavy atom. The minimum atomic E-state index is -0.172. The van der Waals surface area contributed by atoms with Gasteiger partial charge in [-0.15, -0.1) is 0 Å². The van der Waals surface area contributed by atoms with E-state index < -0.39 is 0 Å². The fraction of sp³-hybridized carbons (Fsp3) is 0.312. The van der Waals surface area contributed by atoms with Crippen molar-refractivity contribution >= 4 is 17.5 Å². The molecule has 0 saturated carbocycles. The van der Waals surface area contributed by atoms with Gasteiger partial charge < -0.3 is 24.1 Å². The molecule has 23 heavy (non-hydrogen) atoms. The van der Waals surface area contributed by atoms with Crippen LogP contribution in [-0.4, -0.2) is 44.2 Å². The Hall–Kier alpha value is -2.34. The normalized spacial score (nSPS) is 10.3. The van der Waals surface area contributed by atoms with Crippen LogP contribution in [0.4, 0.5) is 0 Å². The standard InChI is InChI=1S/C16H19ClN2O4/c1-19(16(20)12-7-11(17)8-18-12)9-10-5-6-13(21-2)15(23-4)14(10)22-3/h5-8,18H,9H2,1-4H3. The Kier molecular flexibility index (Phi) is 5.39. The average molecular weight is 339 g/mol. The molecule has 124 valence electrons. The number of nitrogens with one attached hydrogen (secondary N) is 1. The van der Waals surface area contributed by atoms with Crippen molar-refractivity contribution in [2.75, 3.05) is 28.4 Å². The van der Waals surface area contributed by atoms with E-state index in [-0.39, 0.29) is 5.91 Å². The highest BCUT2D eigenvalue weighted by Gasteiger charge is 2.20. The minimum absolute atomic E-state index is 0.172. The summed E-state index contributed by atoms with van der Waals surface area (Å²) < 4.78 is 16.0. The Morgan fingerprint density at radius 2 is 1.87 bits per heavy atom. The van der Waals surface area contributed by atoms with E-state index in [4.69, 9.17) is 25.8 Å². The van der Waals surface area contributed by atoms with Gasteiger partial charge in [-0.3, -0.25) is 4.79 Å². The molecule has 0 atom stereocenters. The second-order valence-electron chi connectivity index (χ2n) is 4.89. The molecule has 1 amide bonds. The number of carbonyl (C=O) groups is 1. The first kappa shape index (κ1) is 17.0. The molecule has 1 heterocycles. The van der Waals surface area contributed by atoms with Gasteiger partial charge in [-0.1, -0.05) is 11.6 Å². The van der Waals surface area contributed by atoms with Crippen LogP contribution in [0.3, 0.4) is 0 Å². The number of amides is 1. The zero-order valence-electron chi connectivity index (χ0n) is 13.5. The number of rotatable bonds is 6. The third-order valence-electron chi connectivity index (χ3n) is 3.42. The van der Waals surface area contributed by atoms with Crippen molar-refractivity contribution in [2.24, 2.45) is 0 Å². The van der Waals surface area contributed by atoms with E-state index in [0.717, 1.165) is 5.56 Å². The van der Waals surface area contributed by atoms with Gasteiger partial charge in [-0.05, 0) is 18.2 Å². The summed E-state index contributed by atoms with van der Waals surface area (Å²) in [7, 11) is 6.35. The van der Waals surface area contributed by atoms with E-state index in [9.17, 15) is 4.79 Å². The molecule has 2 rings (SSSR count). The van der Waals surface area contributed by atoms with E-state index in [2.05, 4.69) is 4.98 Å². The summed E-state index contributed by atoms with van der Waals surface area (Å²) in [5.74, 6) is 1.43. The molecule has 0 fully saturated rings. The quantitative estimate of drug-likeness (QED) is 0.879. The predicted molar refractivity (Wildman–Crippen MR) is 87.7 cm³/mol. The van der Waals surface area contributed by atoms with Crippen molar-refractivity contribution < 1.29 is 19.0 Å². The maximum atomic E-state index is 12.4. The van der Waals surface area contributed by atoms with Crippen LogP contribution in [0.25, 0.3) is 0 Å². The minimum Gasteiger partial charge on any atom is -0.493 e. The maximum absolute atomic E-state index is 12.4. The first-order valence-electron chi connectivity index (χ1n) is 6.89. The van der Waals surface area contributed by atoms with Crippen molar-refractivity contribution in [3.05, 3.63) is 40.7 Å². The molecule has 7 heteroatoms. The van der Waals surface area contributed by atoms with Crippen LogP contribution in [0.1, 0.15) is 16.1 Å². The van der Waals surface area contributed by atoms with Crippen LogP contribution in [-0.2, 0) is 6.54 Å². The molecule has 1 aromatic heterocycles. The number of ether oxygens (including phenoxy) is 3. The first-order chi connectivity index (χ1) is 11.0. The molecule has 0 radical (unpaired) electrons. The topological polar surface area (TPSA) is 63.8 Å². The molecule has 0 spiro atoms. The average Bonchev–Trinajstić information content (AvgIpc) is 2.99. The molecule has 0 aliphatic rings.